The number of rotatable bonds is 3. The molecule has 2 aromatic heterocycles. The van der Waals surface area contributed by atoms with Crippen molar-refractivity contribution in [1.29, 1.82) is 0 Å². The highest BCUT2D eigenvalue weighted by atomic mass is 32.1. The number of hydrogen-bond donors (Lipinski definition) is 1. The van der Waals surface area contributed by atoms with Crippen molar-refractivity contribution in [3.8, 4) is 0 Å². The van der Waals surface area contributed by atoms with Gasteiger partial charge in [-0.05, 0) is 42.2 Å². The van der Waals surface area contributed by atoms with Gasteiger partial charge in [-0.1, -0.05) is 5.16 Å². The molecule has 1 N–H and O–H groups in total. The number of carboxylic acid groups (broad SMARTS) is 1. The fourth-order valence-electron chi connectivity index (χ4n) is 3.51. The second-order valence-electron chi connectivity index (χ2n) is 6.74. The Labute approximate surface area is 163 Å². The van der Waals surface area contributed by atoms with Crippen LogP contribution in [0.1, 0.15) is 36.0 Å². The Balaban J connectivity index is 0.000000279. The van der Waals surface area contributed by atoms with Crippen LogP contribution in [-0.2, 0) is 16.1 Å². The molecular weight excluding hydrogens is 399 g/mol. The van der Waals surface area contributed by atoms with Gasteiger partial charge in [0.1, 0.15) is 0 Å². The maximum absolute atomic E-state index is 10.6. The van der Waals surface area contributed by atoms with Crippen molar-refractivity contribution < 1.29 is 32.3 Å². The van der Waals surface area contributed by atoms with E-state index >= 15 is 0 Å². The first-order valence-corrected chi connectivity index (χ1v) is 9.65. The van der Waals surface area contributed by atoms with Gasteiger partial charge in [0.2, 0.25) is 5.89 Å². The first-order chi connectivity index (χ1) is 13.2. The SMILES string of the molecule is Cc1noc([C@H]2C[C@H]3OCC[C@H]3N(Cc3ccsc3)C2)n1.O=C(O)C(F)(F)F. The van der Waals surface area contributed by atoms with Crippen LogP contribution in [0.15, 0.2) is 21.3 Å². The molecule has 0 unspecified atom stereocenters. The number of aryl methyl sites for hydroxylation is 1. The van der Waals surface area contributed by atoms with Gasteiger partial charge in [-0.2, -0.15) is 29.5 Å². The maximum atomic E-state index is 10.6. The van der Waals surface area contributed by atoms with Crippen molar-refractivity contribution in [2.24, 2.45) is 0 Å². The summed E-state index contributed by atoms with van der Waals surface area (Å²) in [4.78, 5) is 15.9. The third-order valence-electron chi connectivity index (χ3n) is 4.72. The number of ether oxygens (including phenoxy) is 1. The number of carbonyl (C=O) groups is 1. The molecule has 2 aliphatic rings. The van der Waals surface area contributed by atoms with E-state index in [9.17, 15) is 13.2 Å². The lowest BCUT2D eigenvalue weighted by molar-refractivity contribution is -0.192. The van der Waals surface area contributed by atoms with Crippen molar-refractivity contribution in [3.05, 3.63) is 34.1 Å². The Morgan fingerprint density at radius 1 is 1.46 bits per heavy atom. The van der Waals surface area contributed by atoms with Gasteiger partial charge in [-0.3, -0.25) is 4.90 Å². The quantitative estimate of drug-likeness (QED) is 0.817. The number of alkyl halides is 3. The molecule has 0 bridgehead atoms. The minimum Gasteiger partial charge on any atom is -0.475 e. The summed E-state index contributed by atoms with van der Waals surface area (Å²) >= 11 is 1.76. The predicted molar refractivity (Wildman–Crippen MR) is 93.0 cm³/mol. The van der Waals surface area contributed by atoms with E-state index in [0.29, 0.717) is 18.0 Å². The zero-order chi connectivity index (χ0) is 20.3. The molecule has 2 aliphatic heterocycles. The number of halogens is 3. The number of carboxylic acids is 1. The van der Waals surface area contributed by atoms with E-state index in [1.54, 1.807) is 11.3 Å². The van der Waals surface area contributed by atoms with Gasteiger partial charge in [-0.15, -0.1) is 0 Å². The molecule has 28 heavy (non-hydrogen) atoms. The van der Waals surface area contributed by atoms with Crippen molar-refractivity contribution >= 4 is 17.3 Å². The lowest BCUT2D eigenvalue weighted by atomic mass is 9.89. The minimum atomic E-state index is -5.08. The molecule has 0 aromatic carbocycles. The highest BCUT2D eigenvalue weighted by molar-refractivity contribution is 7.07. The van der Waals surface area contributed by atoms with Crippen LogP contribution < -0.4 is 0 Å². The standard InChI is InChI=1S/C15H19N3O2S.C2HF3O2/c1-10-16-15(20-17-10)12-6-14-13(2-4-19-14)18(8-12)7-11-3-5-21-9-11;3-2(4,5)1(6)7/h3,5,9,12-14H,2,4,6-8H2,1H3;(H,6,7)/t12-,13+,14+;/m0./s1. The third kappa shape index (κ3) is 5.09. The molecule has 0 spiro atoms. The van der Waals surface area contributed by atoms with Gasteiger partial charge in [0.05, 0.1) is 12.0 Å². The summed E-state index contributed by atoms with van der Waals surface area (Å²) < 4.78 is 43.1. The van der Waals surface area contributed by atoms with Crippen molar-refractivity contribution in [2.75, 3.05) is 13.2 Å². The first kappa shape index (κ1) is 20.7. The molecule has 0 radical (unpaired) electrons. The summed E-state index contributed by atoms with van der Waals surface area (Å²) in [5.41, 5.74) is 1.38. The monoisotopic (exact) mass is 419 g/mol. The fourth-order valence-corrected chi connectivity index (χ4v) is 4.17. The van der Waals surface area contributed by atoms with Gasteiger partial charge in [0.15, 0.2) is 5.82 Å². The van der Waals surface area contributed by atoms with Crippen LogP contribution >= 0.6 is 11.3 Å². The van der Waals surface area contributed by atoms with E-state index in [0.717, 1.165) is 38.4 Å². The number of aromatic nitrogens is 2. The van der Waals surface area contributed by atoms with Gasteiger partial charge < -0.3 is 14.4 Å². The molecule has 3 atom stereocenters. The number of aliphatic carboxylic acids is 1. The Morgan fingerprint density at radius 2 is 2.21 bits per heavy atom. The van der Waals surface area contributed by atoms with Crippen LogP contribution in [0.4, 0.5) is 13.2 Å². The molecule has 4 rings (SSSR count). The Bertz CT molecular complexity index is 781. The van der Waals surface area contributed by atoms with Gasteiger partial charge in [0, 0.05) is 25.7 Å². The molecule has 7 nitrogen and oxygen atoms in total. The normalized spacial score (nSPS) is 25.1. The largest absolute Gasteiger partial charge is 0.490 e. The predicted octanol–water partition coefficient (Wildman–Crippen LogP) is 3.22. The van der Waals surface area contributed by atoms with Gasteiger partial charge >= 0.3 is 12.1 Å². The molecule has 0 amide bonds. The van der Waals surface area contributed by atoms with Crippen molar-refractivity contribution in [1.82, 2.24) is 15.0 Å². The summed E-state index contributed by atoms with van der Waals surface area (Å²) in [7, 11) is 0. The Hall–Kier alpha value is -1.98. The van der Waals surface area contributed by atoms with E-state index < -0.39 is 12.1 Å². The van der Waals surface area contributed by atoms with E-state index in [2.05, 4.69) is 31.9 Å². The van der Waals surface area contributed by atoms with E-state index in [-0.39, 0.29) is 5.92 Å². The summed E-state index contributed by atoms with van der Waals surface area (Å²) in [6.07, 6.45) is -2.66. The topological polar surface area (TPSA) is 88.7 Å². The molecule has 154 valence electrons. The zero-order valence-electron chi connectivity index (χ0n) is 15.1. The van der Waals surface area contributed by atoms with Crippen LogP contribution in [-0.4, -0.2) is 57.6 Å². The fraction of sp³-hybridized carbons (Fsp3) is 0.588. The van der Waals surface area contributed by atoms with E-state index in [1.165, 1.54) is 5.56 Å². The Morgan fingerprint density at radius 3 is 2.79 bits per heavy atom. The number of hydrogen-bond acceptors (Lipinski definition) is 7. The molecule has 4 heterocycles. The molecule has 0 saturated carbocycles. The molecule has 2 fully saturated rings. The average molecular weight is 419 g/mol. The van der Waals surface area contributed by atoms with Crippen LogP contribution in [0.2, 0.25) is 0 Å². The molecule has 0 aliphatic carbocycles. The first-order valence-electron chi connectivity index (χ1n) is 8.71. The summed E-state index contributed by atoms with van der Waals surface area (Å²) in [5, 5.41) is 15.4. The summed E-state index contributed by atoms with van der Waals surface area (Å²) in [6.45, 7) is 4.69. The average Bonchev–Trinajstić information content (AvgIpc) is 3.35. The van der Waals surface area contributed by atoms with Crippen LogP contribution in [0.3, 0.4) is 0 Å². The summed E-state index contributed by atoms with van der Waals surface area (Å²) in [6, 6.07) is 2.74. The molecular formula is C17H20F3N3O4S. The third-order valence-corrected chi connectivity index (χ3v) is 5.45. The highest BCUT2D eigenvalue weighted by Crippen LogP contribution is 2.36. The highest BCUT2D eigenvalue weighted by Gasteiger charge is 2.42. The van der Waals surface area contributed by atoms with E-state index in [1.807, 2.05) is 6.92 Å². The van der Waals surface area contributed by atoms with Crippen molar-refractivity contribution in [2.45, 2.75) is 50.6 Å². The molecule has 2 aromatic rings. The number of nitrogens with zero attached hydrogens (tertiary/aromatic N) is 3. The second-order valence-corrected chi connectivity index (χ2v) is 7.52. The summed E-state index contributed by atoms with van der Waals surface area (Å²) in [5.74, 6) is -1.00. The van der Waals surface area contributed by atoms with Crippen molar-refractivity contribution in [3.63, 3.8) is 0 Å². The van der Waals surface area contributed by atoms with Crippen LogP contribution in [0, 0.1) is 6.92 Å². The van der Waals surface area contributed by atoms with Gasteiger partial charge in [-0.25, -0.2) is 4.79 Å². The lowest BCUT2D eigenvalue weighted by Crippen LogP contribution is -2.48. The lowest BCUT2D eigenvalue weighted by Gasteiger charge is -2.39. The Kier molecular flexibility index (Phi) is 6.36. The number of thiophene rings is 1. The number of fused-ring (bicyclic) bond motifs is 1. The number of likely N-dealkylation sites (tertiary alicyclic amines) is 1. The minimum absolute atomic E-state index is 0.282. The van der Waals surface area contributed by atoms with Crippen LogP contribution in [0.5, 0.6) is 0 Å². The number of piperidine rings is 1. The second kappa shape index (κ2) is 8.58. The van der Waals surface area contributed by atoms with Crippen LogP contribution in [0.25, 0.3) is 0 Å². The maximum Gasteiger partial charge on any atom is 0.490 e. The van der Waals surface area contributed by atoms with E-state index in [4.69, 9.17) is 19.2 Å². The molecule has 2 saturated heterocycles. The van der Waals surface area contributed by atoms with Gasteiger partial charge in [0.25, 0.3) is 0 Å². The zero-order valence-corrected chi connectivity index (χ0v) is 15.9. The molecule has 11 heteroatoms. The smallest absolute Gasteiger partial charge is 0.475 e.